The molecule has 0 amide bonds. The van der Waals surface area contributed by atoms with E-state index in [0.29, 0.717) is 12.2 Å². The van der Waals surface area contributed by atoms with E-state index >= 15 is 0 Å². The van der Waals surface area contributed by atoms with Crippen molar-refractivity contribution < 1.29 is 4.39 Å². The number of benzene rings is 1. The molecule has 1 aromatic heterocycles. The predicted molar refractivity (Wildman–Crippen MR) is 86.1 cm³/mol. The molecule has 0 radical (unpaired) electrons. The molecule has 1 aromatic carbocycles. The number of aromatic nitrogens is 1. The van der Waals surface area contributed by atoms with Gasteiger partial charge in [0.1, 0.15) is 5.82 Å². The van der Waals surface area contributed by atoms with E-state index in [-0.39, 0.29) is 5.82 Å². The number of hydrogen-bond acceptors (Lipinski definition) is 3. The van der Waals surface area contributed by atoms with Crippen LogP contribution in [0.5, 0.6) is 0 Å². The van der Waals surface area contributed by atoms with Crippen molar-refractivity contribution in [1.82, 2.24) is 14.8 Å². The molecule has 22 heavy (non-hydrogen) atoms. The Morgan fingerprint density at radius 2 is 1.64 bits per heavy atom. The van der Waals surface area contributed by atoms with Gasteiger partial charge in [-0.2, -0.15) is 0 Å². The maximum atomic E-state index is 13.6. The van der Waals surface area contributed by atoms with Crippen LogP contribution in [0.15, 0.2) is 48.7 Å². The lowest BCUT2D eigenvalue weighted by molar-refractivity contribution is 0.126. The fraction of sp³-hybridized carbons (Fsp3) is 0.389. The summed E-state index contributed by atoms with van der Waals surface area (Å²) in [4.78, 5) is 8.90. The first-order valence-corrected chi connectivity index (χ1v) is 7.89. The van der Waals surface area contributed by atoms with Gasteiger partial charge in [0.2, 0.25) is 0 Å². The Labute approximate surface area is 131 Å². The van der Waals surface area contributed by atoms with E-state index in [1.807, 2.05) is 0 Å². The highest BCUT2D eigenvalue weighted by atomic mass is 19.1. The van der Waals surface area contributed by atoms with Gasteiger partial charge in [0.15, 0.2) is 0 Å². The molecule has 1 saturated heterocycles. The van der Waals surface area contributed by atoms with Gasteiger partial charge in [-0.1, -0.05) is 30.3 Å². The maximum Gasteiger partial charge on any atom is 0.146 e. The lowest BCUT2D eigenvalue weighted by atomic mass is 10.1. The van der Waals surface area contributed by atoms with E-state index in [1.165, 1.54) is 11.6 Å². The van der Waals surface area contributed by atoms with Crippen LogP contribution in [0.25, 0.3) is 0 Å². The molecule has 0 atom stereocenters. The standard InChI is InChI=1S/C18H22FN3/c19-17-7-4-9-20-18(17)15-22-13-11-21(12-14-22)10-8-16-5-2-1-3-6-16/h1-7,9H,8,10-15H2. The molecule has 1 aliphatic heterocycles. The molecule has 4 heteroatoms. The smallest absolute Gasteiger partial charge is 0.146 e. The number of nitrogens with zero attached hydrogens (tertiary/aromatic N) is 3. The molecule has 1 aliphatic rings. The summed E-state index contributed by atoms with van der Waals surface area (Å²) < 4.78 is 13.6. The minimum absolute atomic E-state index is 0.200. The number of hydrogen-bond donors (Lipinski definition) is 0. The number of pyridine rings is 1. The van der Waals surface area contributed by atoms with Gasteiger partial charge >= 0.3 is 0 Å². The minimum Gasteiger partial charge on any atom is -0.300 e. The van der Waals surface area contributed by atoms with Crippen molar-refractivity contribution in [2.24, 2.45) is 0 Å². The summed E-state index contributed by atoms with van der Waals surface area (Å²) in [6.45, 7) is 5.74. The first-order chi connectivity index (χ1) is 10.8. The van der Waals surface area contributed by atoms with Crippen LogP contribution in [0, 0.1) is 5.82 Å². The van der Waals surface area contributed by atoms with Crippen molar-refractivity contribution >= 4 is 0 Å². The lowest BCUT2D eigenvalue weighted by Crippen LogP contribution is -2.46. The van der Waals surface area contributed by atoms with Gasteiger partial charge in [-0.25, -0.2) is 4.39 Å². The number of piperazine rings is 1. The predicted octanol–water partition coefficient (Wildman–Crippen LogP) is 2.58. The van der Waals surface area contributed by atoms with Crippen LogP contribution in [-0.2, 0) is 13.0 Å². The summed E-state index contributed by atoms with van der Waals surface area (Å²) in [6, 6.07) is 13.7. The molecule has 0 aliphatic carbocycles. The van der Waals surface area contributed by atoms with Crippen molar-refractivity contribution in [3.05, 3.63) is 65.7 Å². The van der Waals surface area contributed by atoms with Crippen LogP contribution in [0.2, 0.25) is 0 Å². The lowest BCUT2D eigenvalue weighted by Gasteiger charge is -2.34. The summed E-state index contributed by atoms with van der Waals surface area (Å²) in [5.41, 5.74) is 1.95. The maximum absolute atomic E-state index is 13.6. The highest BCUT2D eigenvalue weighted by molar-refractivity contribution is 5.15. The Kier molecular flexibility index (Phi) is 5.14. The van der Waals surface area contributed by atoms with E-state index in [0.717, 1.165) is 39.1 Å². The zero-order valence-corrected chi connectivity index (χ0v) is 12.8. The second kappa shape index (κ2) is 7.47. The Bertz CT molecular complexity index is 580. The molecule has 0 bridgehead atoms. The molecule has 0 N–H and O–H groups in total. The van der Waals surface area contributed by atoms with Crippen LogP contribution in [0.1, 0.15) is 11.3 Å². The normalized spacial score (nSPS) is 16.8. The summed E-state index contributed by atoms with van der Waals surface area (Å²) in [7, 11) is 0. The molecule has 0 saturated carbocycles. The Balaban J connectivity index is 1.44. The molecule has 0 unspecified atom stereocenters. The fourth-order valence-corrected chi connectivity index (χ4v) is 2.85. The average molecular weight is 299 g/mol. The monoisotopic (exact) mass is 299 g/mol. The van der Waals surface area contributed by atoms with Crippen molar-refractivity contribution in [2.75, 3.05) is 32.7 Å². The summed E-state index contributed by atoms with van der Waals surface area (Å²) >= 11 is 0. The summed E-state index contributed by atoms with van der Waals surface area (Å²) in [6.07, 6.45) is 2.75. The molecule has 3 rings (SSSR count). The average Bonchev–Trinajstić information content (AvgIpc) is 2.57. The zero-order chi connectivity index (χ0) is 15.2. The third-order valence-electron chi connectivity index (χ3n) is 4.23. The van der Waals surface area contributed by atoms with Crippen LogP contribution in [0.4, 0.5) is 4.39 Å². The van der Waals surface area contributed by atoms with Crippen LogP contribution >= 0.6 is 0 Å². The highest BCUT2D eigenvalue weighted by Crippen LogP contribution is 2.10. The SMILES string of the molecule is Fc1cccnc1CN1CCN(CCc2ccccc2)CC1. The van der Waals surface area contributed by atoms with Crippen molar-refractivity contribution in [3.63, 3.8) is 0 Å². The van der Waals surface area contributed by atoms with Crippen molar-refractivity contribution in [3.8, 4) is 0 Å². The van der Waals surface area contributed by atoms with Gasteiger partial charge < -0.3 is 4.90 Å². The van der Waals surface area contributed by atoms with Crippen LogP contribution in [-0.4, -0.2) is 47.5 Å². The van der Waals surface area contributed by atoms with Gasteiger partial charge in [-0.05, 0) is 24.1 Å². The molecule has 116 valence electrons. The van der Waals surface area contributed by atoms with Gasteiger partial charge in [0.05, 0.1) is 5.69 Å². The molecule has 3 nitrogen and oxygen atoms in total. The first-order valence-electron chi connectivity index (χ1n) is 7.89. The Hall–Kier alpha value is -1.78. The molecule has 1 fully saturated rings. The van der Waals surface area contributed by atoms with E-state index < -0.39 is 0 Å². The van der Waals surface area contributed by atoms with Crippen molar-refractivity contribution in [1.29, 1.82) is 0 Å². The quantitative estimate of drug-likeness (QED) is 0.846. The number of halogens is 1. The molecule has 2 aromatic rings. The van der Waals surface area contributed by atoms with E-state index in [4.69, 9.17) is 0 Å². The molecule has 2 heterocycles. The van der Waals surface area contributed by atoms with Crippen molar-refractivity contribution in [2.45, 2.75) is 13.0 Å². The zero-order valence-electron chi connectivity index (χ0n) is 12.8. The third kappa shape index (κ3) is 4.12. The van der Waals surface area contributed by atoms with Gasteiger partial charge in [0, 0.05) is 45.5 Å². The minimum atomic E-state index is -0.200. The van der Waals surface area contributed by atoms with Crippen LogP contribution < -0.4 is 0 Å². The van der Waals surface area contributed by atoms with Gasteiger partial charge in [-0.3, -0.25) is 9.88 Å². The Morgan fingerprint density at radius 3 is 2.36 bits per heavy atom. The summed E-state index contributed by atoms with van der Waals surface area (Å²) in [5, 5.41) is 0. The van der Waals surface area contributed by atoms with E-state index in [2.05, 4.69) is 45.1 Å². The van der Waals surface area contributed by atoms with Crippen LogP contribution in [0.3, 0.4) is 0 Å². The first kappa shape index (κ1) is 15.1. The highest BCUT2D eigenvalue weighted by Gasteiger charge is 2.18. The second-order valence-corrected chi connectivity index (χ2v) is 5.79. The topological polar surface area (TPSA) is 19.4 Å². The molecule has 0 spiro atoms. The van der Waals surface area contributed by atoms with E-state index in [9.17, 15) is 4.39 Å². The Morgan fingerprint density at radius 1 is 0.909 bits per heavy atom. The molecular weight excluding hydrogens is 277 g/mol. The number of rotatable bonds is 5. The second-order valence-electron chi connectivity index (χ2n) is 5.79. The third-order valence-corrected chi connectivity index (χ3v) is 4.23. The largest absolute Gasteiger partial charge is 0.300 e. The fourth-order valence-electron chi connectivity index (χ4n) is 2.85. The van der Waals surface area contributed by atoms with E-state index in [1.54, 1.807) is 12.3 Å². The van der Waals surface area contributed by atoms with Gasteiger partial charge in [0.25, 0.3) is 0 Å². The summed E-state index contributed by atoms with van der Waals surface area (Å²) in [5.74, 6) is -0.200. The van der Waals surface area contributed by atoms with Gasteiger partial charge in [-0.15, -0.1) is 0 Å². The molecular formula is C18H22FN3.